The van der Waals surface area contributed by atoms with E-state index in [-0.39, 0.29) is 11.4 Å². The van der Waals surface area contributed by atoms with Gasteiger partial charge in [-0.15, -0.1) is 0 Å². The summed E-state index contributed by atoms with van der Waals surface area (Å²) in [5, 5.41) is 13.6. The number of hydrogen-bond donors (Lipinski definition) is 2. The van der Waals surface area contributed by atoms with Gasteiger partial charge in [-0.2, -0.15) is 10.2 Å². The van der Waals surface area contributed by atoms with Crippen LogP contribution in [0.2, 0.25) is 0 Å². The third kappa shape index (κ3) is 3.58. The lowest BCUT2D eigenvalue weighted by Gasteiger charge is -2.13. The lowest BCUT2D eigenvalue weighted by atomic mass is 9.95. The second-order valence-electron chi connectivity index (χ2n) is 6.53. The molecule has 0 fully saturated rings. The zero-order valence-electron chi connectivity index (χ0n) is 16.4. The fraction of sp³-hybridized carbons (Fsp3) is 0.0909. The molecule has 0 aliphatic heterocycles. The summed E-state index contributed by atoms with van der Waals surface area (Å²) in [7, 11) is 3.20. The SMILES string of the molecule is COc1cc(NC(=O)c2c(-c3ccccc3)c(-c3ccccc3)n[nH]c2=O)nn1C. The van der Waals surface area contributed by atoms with E-state index in [2.05, 4.69) is 20.6 Å². The van der Waals surface area contributed by atoms with Gasteiger partial charge in [-0.3, -0.25) is 9.59 Å². The minimum absolute atomic E-state index is 0.0420. The van der Waals surface area contributed by atoms with Gasteiger partial charge in [0.15, 0.2) is 5.82 Å². The van der Waals surface area contributed by atoms with Gasteiger partial charge in [0, 0.05) is 24.2 Å². The van der Waals surface area contributed by atoms with E-state index in [1.54, 1.807) is 13.1 Å². The summed E-state index contributed by atoms with van der Waals surface area (Å²) in [6.07, 6.45) is 0. The van der Waals surface area contributed by atoms with Crippen molar-refractivity contribution < 1.29 is 9.53 Å². The van der Waals surface area contributed by atoms with Crippen LogP contribution in [0.3, 0.4) is 0 Å². The molecule has 0 spiro atoms. The Morgan fingerprint density at radius 1 is 1.03 bits per heavy atom. The third-order valence-electron chi connectivity index (χ3n) is 4.61. The number of anilines is 1. The second kappa shape index (κ2) is 8.04. The topological polar surface area (TPSA) is 102 Å². The van der Waals surface area contributed by atoms with Gasteiger partial charge in [-0.05, 0) is 5.56 Å². The van der Waals surface area contributed by atoms with Gasteiger partial charge < -0.3 is 10.1 Å². The average Bonchev–Trinajstić information content (AvgIpc) is 3.13. The number of aromatic amines is 1. The number of rotatable bonds is 5. The van der Waals surface area contributed by atoms with Crippen molar-refractivity contribution in [3.05, 3.63) is 82.6 Å². The molecule has 0 saturated carbocycles. The number of carbonyl (C=O) groups is 1. The average molecular weight is 401 g/mol. The molecule has 2 aromatic carbocycles. The van der Waals surface area contributed by atoms with Gasteiger partial charge in [-0.25, -0.2) is 9.78 Å². The van der Waals surface area contributed by atoms with Crippen molar-refractivity contribution >= 4 is 11.7 Å². The Kier molecular flexibility index (Phi) is 5.13. The maximum atomic E-state index is 13.2. The Morgan fingerprint density at radius 3 is 2.27 bits per heavy atom. The minimum atomic E-state index is -0.589. The number of nitrogens with one attached hydrogen (secondary N) is 2. The molecule has 4 rings (SSSR count). The summed E-state index contributed by atoms with van der Waals surface area (Å²) < 4.78 is 6.66. The zero-order valence-corrected chi connectivity index (χ0v) is 16.4. The molecule has 0 aliphatic rings. The molecule has 0 atom stereocenters. The highest BCUT2D eigenvalue weighted by Gasteiger charge is 2.23. The predicted molar refractivity (Wildman–Crippen MR) is 113 cm³/mol. The molecule has 8 nitrogen and oxygen atoms in total. The van der Waals surface area contributed by atoms with Gasteiger partial charge in [0.25, 0.3) is 11.5 Å². The minimum Gasteiger partial charge on any atom is -0.481 e. The van der Waals surface area contributed by atoms with Crippen molar-refractivity contribution in [2.45, 2.75) is 0 Å². The largest absolute Gasteiger partial charge is 0.481 e. The van der Waals surface area contributed by atoms with E-state index in [1.165, 1.54) is 11.8 Å². The van der Waals surface area contributed by atoms with Crippen molar-refractivity contribution in [1.82, 2.24) is 20.0 Å². The van der Waals surface area contributed by atoms with Gasteiger partial charge in [0.2, 0.25) is 5.88 Å². The van der Waals surface area contributed by atoms with Crippen molar-refractivity contribution in [3.63, 3.8) is 0 Å². The number of benzene rings is 2. The van der Waals surface area contributed by atoms with Crippen LogP contribution in [0.25, 0.3) is 22.4 Å². The Balaban J connectivity index is 1.88. The summed E-state index contributed by atoms with van der Waals surface area (Å²) >= 11 is 0. The predicted octanol–water partition coefficient (Wildman–Crippen LogP) is 3.10. The monoisotopic (exact) mass is 401 g/mol. The first-order valence-corrected chi connectivity index (χ1v) is 9.21. The lowest BCUT2D eigenvalue weighted by molar-refractivity contribution is 0.102. The van der Waals surface area contributed by atoms with Gasteiger partial charge in [-0.1, -0.05) is 60.7 Å². The van der Waals surface area contributed by atoms with Crippen LogP contribution in [0, 0.1) is 0 Å². The Hall–Kier alpha value is -4.20. The van der Waals surface area contributed by atoms with Gasteiger partial charge in [0.05, 0.1) is 12.8 Å². The smallest absolute Gasteiger partial charge is 0.277 e. The Bertz CT molecular complexity index is 1250. The first-order chi connectivity index (χ1) is 14.6. The van der Waals surface area contributed by atoms with Crippen LogP contribution in [0.5, 0.6) is 5.88 Å². The molecule has 30 heavy (non-hydrogen) atoms. The maximum absolute atomic E-state index is 13.2. The van der Waals surface area contributed by atoms with Crippen LogP contribution in [0.4, 0.5) is 5.82 Å². The number of nitrogens with zero attached hydrogens (tertiary/aromatic N) is 3. The molecule has 0 bridgehead atoms. The summed E-state index contributed by atoms with van der Waals surface area (Å²) in [4.78, 5) is 25.9. The van der Waals surface area contributed by atoms with Crippen LogP contribution in [0.15, 0.2) is 71.5 Å². The Labute approximate surface area is 172 Å². The van der Waals surface area contributed by atoms with Crippen molar-refractivity contribution in [2.24, 2.45) is 7.05 Å². The van der Waals surface area contributed by atoms with Crippen molar-refractivity contribution in [3.8, 4) is 28.3 Å². The molecule has 0 saturated heterocycles. The van der Waals surface area contributed by atoms with Crippen molar-refractivity contribution in [2.75, 3.05) is 12.4 Å². The highest BCUT2D eigenvalue weighted by molar-refractivity contribution is 6.10. The molecule has 0 unspecified atom stereocenters. The van der Waals surface area contributed by atoms with E-state index in [0.717, 1.165) is 5.56 Å². The van der Waals surface area contributed by atoms with E-state index in [0.29, 0.717) is 22.7 Å². The highest BCUT2D eigenvalue weighted by atomic mass is 16.5. The summed E-state index contributed by atoms with van der Waals surface area (Å²) in [6, 6.07) is 20.2. The third-order valence-corrected chi connectivity index (χ3v) is 4.61. The van der Waals surface area contributed by atoms with Crippen molar-refractivity contribution in [1.29, 1.82) is 0 Å². The lowest BCUT2D eigenvalue weighted by Crippen LogP contribution is -2.26. The number of amides is 1. The molecule has 2 heterocycles. The standard InChI is InChI=1S/C22H19N5O3/c1-27-17(30-2)13-16(26-27)23-21(28)19-18(14-9-5-3-6-10-14)20(24-25-22(19)29)15-11-7-4-8-12-15/h3-13H,1-2H3,(H,25,29)(H,23,26,28). The maximum Gasteiger partial charge on any atom is 0.277 e. The fourth-order valence-electron chi connectivity index (χ4n) is 3.24. The molecular formula is C22H19N5O3. The molecule has 0 aliphatic carbocycles. The number of methoxy groups -OCH3 is 1. The van der Waals surface area contributed by atoms with Crippen LogP contribution in [0.1, 0.15) is 10.4 Å². The molecule has 2 N–H and O–H groups in total. The van der Waals surface area contributed by atoms with Crippen LogP contribution in [-0.4, -0.2) is 33.0 Å². The first-order valence-electron chi connectivity index (χ1n) is 9.21. The van der Waals surface area contributed by atoms with E-state index in [4.69, 9.17) is 4.74 Å². The molecule has 1 amide bonds. The molecular weight excluding hydrogens is 382 g/mol. The Morgan fingerprint density at radius 2 is 1.67 bits per heavy atom. The summed E-state index contributed by atoms with van der Waals surface area (Å²) in [5.74, 6) is 0.161. The fourth-order valence-corrected chi connectivity index (χ4v) is 3.24. The van der Waals surface area contributed by atoms with Crippen LogP contribution >= 0.6 is 0 Å². The summed E-state index contributed by atoms with van der Waals surface area (Å²) in [6.45, 7) is 0. The highest BCUT2D eigenvalue weighted by Crippen LogP contribution is 2.32. The van der Waals surface area contributed by atoms with Crippen LogP contribution < -0.4 is 15.6 Å². The van der Waals surface area contributed by atoms with E-state index >= 15 is 0 Å². The van der Waals surface area contributed by atoms with E-state index < -0.39 is 11.5 Å². The van der Waals surface area contributed by atoms with Gasteiger partial charge in [0.1, 0.15) is 5.56 Å². The molecule has 2 aromatic heterocycles. The zero-order chi connectivity index (χ0) is 21.1. The molecule has 0 radical (unpaired) electrons. The van der Waals surface area contributed by atoms with Gasteiger partial charge >= 0.3 is 0 Å². The first kappa shape index (κ1) is 19.1. The number of ether oxygens (including phenoxy) is 1. The number of H-pyrrole nitrogens is 1. The normalized spacial score (nSPS) is 10.6. The molecule has 4 aromatic rings. The summed E-state index contributed by atoms with van der Waals surface area (Å²) in [5.41, 5.74) is 1.81. The molecule has 150 valence electrons. The van der Waals surface area contributed by atoms with E-state index in [1.807, 2.05) is 60.7 Å². The quantitative estimate of drug-likeness (QED) is 0.535. The number of aromatic nitrogens is 4. The van der Waals surface area contributed by atoms with Crippen LogP contribution in [-0.2, 0) is 7.05 Å². The number of carbonyl (C=O) groups excluding carboxylic acids is 1. The second-order valence-corrected chi connectivity index (χ2v) is 6.53. The number of hydrogen-bond acceptors (Lipinski definition) is 5. The molecule has 8 heteroatoms. The van der Waals surface area contributed by atoms with E-state index in [9.17, 15) is 9.59 Å². The number of aryl methyl sites for hydroxylation is 1.